The van der Waals surface area contributed by atoms with Gasteiger partial charge >= 0.3 is 0 Å². The van der Waals surface area contributed by atoms with Gasteiger partial charge < -0.3 is 0 Å². The minimum Gasteiger partial charge on any atom is -0.255 e. The van der Waals surface area contributed by atoms with Crippen molar-refractivity contribution in [2.75, 3.05) is 0 Å². The molecule has 0 aliphatic heterocycles. The third kappa shape index (κ3) is 1.93. The zero-order valence-electron chi connectivity index (χ0n) is 7.72. The molecular formula is C11H9BrIN. The molecule has 1 aromatic carbocycles. The zero-order chi connectivity index (χ0) is 10.1. The second kappa shape index (κ2) is 4.14. The van der Waals surface area contributed by atoms with Crippen molar-refractivity contribution in [2.45, 2.75) is 12.3 Å². The monoisotopic (exact) mass is 361 g/mol. The fraction of sp³-hybridized carbons (Fsp3) is 0.182. The van der Waals surface area contributed by atoms with Crippen molar-refractivity contribution >= 4 is 49.4 Å². The van der Waals surface area contributed by atoms with Crippen LogP contribution in [0.15, 0.2) is 24.4 Å². The molecule has 3 heteroatoms. The van der Waals surface area contributed by atoms with E-state index in [-0.39, 0.29) is 0 Å². The molecule has 0 amide bonds. The molecule has 0 saturated heterocycles. The summed E-state index contributed by atoms with van der Waals surface area (Å²) in [6, 6.07) is 6.53. The first kappa shape index (κ1) is 10.4. The Morgan fingerprint density at radius 3 is 2.86 bits per heavy atom. The normalized spacial score (nSPS) is 10.8. The summed E-state index contributed by atoms with van der Waals surface area (Å²) in [5, 5.41) is 2.12. The van der Waals surface area contributed by atoms with Gasteiger partial charge in [0.05, 0.1) is 5.52 Å². The van der Waals surface area contributed by atoms with Crippen LogP contribution in [0.25, 0.3) is 10.9 Å². The molecule has 14 heavy (non-hydrogen) atoms. The van der Waals surface area contributed by atoms with Gasteiger partial charge in [0.1, 0.15) is 0 Å². The third-order valence-corrected chi connectivity index (χ3v) is 3.56. The molecule has 0 bridgehead atoms. The molecule has 0 saturated carbocycles. The maximum Gasteiger partial charge on any atom is 0.0835 e. The molecule has 1 heterocycles. The van der Waals surface area contributed by atoms with E-state index in [1.807, 2.05) is 6.20 Å². The molecule has 0 aliphatic rings. The first-order chi connectivity index (χ1) is 6.70. The quantitative estimate of drug-likeness (QED) is 0.551. The first-order valence-electron chi connectivity index (χ1n) is 4.31. The second-order valence-electron chi connectivity index (χ2n) is 3.30. The van der Waals surface area contributed by atoms with Crippen LogP contribution in [0.5, 0.6) is 0 Å². The summed E-state index contributed by atoms with van der Waals surface area (Å²) in [6.45, 7) is 2.07. The summed E-state index contributed by atoms with van der Waals surface area (Å²) < 4.78 is 1.22. The van der Waals surface area contributed by atoms with Gasteiger partial charge in [-0.25, -0.2) is 0 Å². The predicted molar refractivity (Wildman–Crippen MR) is 71.8 cm³/mol. The molecule has 0 N–H and O–H groups in total. The van der Waals surface area contributed by atoms with Crippen LogP contribution >= 0.6 is 38.5 Å². The molecule has 0 aliphatic carbocycles. The number of nitrogens with zero attached hydrogens (tertiary/aromatic N) is 1. The number of benzene rings is 1. The number of fused-ring (bicyclic) bond motifs is 1. The number of alkyl halides is 1. The van der Waals surface area contributed by atoms with Crippen molar-refractivity contribution < 1.29 is 0 Å². The largest absolute Gasteiger partial charge is 0.255 e. The number of halogens is 2. The van der Waals surface area contributed by atoms with Crippen LogP contribution in [-0.2, 0) is 5.33 Å². The minimum absolute atomic E-state index is 0.896. The third-order valence-electron chi connectivity index (χ3n) is 2.09. The van der Waals surface area contributed by atoms with Gasteiger partial charge in [0.15, 0.2) is 0 Å². The van der Waals surface area contributed by atoms with Crippen LogP contribution in [0, 0.1) is 10.5 Å². The van der Waals surface area contributed by atoms with Crippen LogP contribution in [0.1, 0.15) is 11.1 Å². The minimum atomic E-state index is 0.896. The zero-order valence-corrected chi connectivity index (χ0v) is 11.5. The average Bonchev–Trinajstić information content (AvgIpc) is 2.16. The van der Waals surface area contributed by atoms with E-state index >= 15 is 0 Å². The predicted octanol–water partition coefficient (Wildman–Crippen LogP) is 4.04. The molecule has 2 aromatic rings. The Hall–Kier alpha value is -0.160. The van der Waals surface area contributed by atoms with Gasteiger partial charge in [-0.2, -0.15) is 0 Å². The maximum absolute atomic E-state index is 4.43. The van der Waals surface area contributed by atoms with E-state index in [0.29, 0.717) is 0 Å². The highest BCUT2D eigenvalue weighted by Gasteiger charge is 2.02. The fourth-order valence-corrected chi connectivity index (χ4v) is 2.63. The van der Waals surface area contributed by atoms with Gasteiger partial charge in [-0.05, 0) is 58.8 Å². The van der Waals surface area contributed by atoms with Gasteiger partial charge in [0, 0.05) is 20.5 Å². The lowest BCUT2D eigenvalue weighted by molar-refractivity contribution is 1.31. The summed E-state index contributed by atoms with van der Waals surface area (Å²) in [6.07, 6.45) is 1.91. The first-order valence-corrected chi connectivity index (χ1v) is 6.51. The molecule has 72 valence electrons. The van der Waals surface area contributed by atoms with Gasteiger partial charge in [-0.15, -0.1) is 0 Å². The number of rotatable bonds is 1. The van der Waals surface area contributed by atoms with Gasteiger partial charge in [0.2, 0.25) is 0 Å². The number of pyridine rings is 1. The average molecular weight is 362 g/mol. The highest BCUT2D eigenvalue weighted by atomic mass is 127. The molecular weight excluding hydrogens is 353 g/mol. The van der Waals surface area contributed by atoms with Crippen LogP contribution in [0.2, 0.25) is 0 Å². The van der Waals surface area contributed by atoms with E-state index in [2.05, 4.69) is 68.6 Å². The highest BCUT2D eigenvalue weighted by molar-refractivity contribution is 14.1. The summed E-state index contributed by atoms with van der Waals surface area (Å²) in [4.78, 5) is 4.43. The standard InChI is InChI=1S/C11H9BrIN/c1-7-2-9-3-8(5-12)4-10(13)11(9)14-6-7/h2-4,6H,5H2,1H3. The fourth-order valence-electron chi connectivity index (χ4n) is 1.45. The Bertz CT molecular complexity index is 482. The Morgan fingerprint density at radius 2 is 2.14 bits per heavy atom. The lowest BCUT2D eigenvalue weighted by atomic mass is 10.1. The lowest BCUT2D eigenvalue weighted by Gasteiger charge is -2.04. The van der Waals surface area contributed by atoms with E-state index in [1.165, 1.54) is 20.1 Å². The van der Waals surface area contributed by atoms with Gasteiger partial charge in [-0.1, -0.05) is 15.9 Å². The van der Waals surface area contributed by atoms with E-state index in [1.54, 1.807) is 0 Å². The Balaban J connectivity index is 2.77. The second-order valence-corrected chi connectivity index (χ2v) is 5.02. The lowest BCUT2D eigenvalue weighted by Crippen LogP contribution is -1.87. The number of aromatic nitrogens is 1. The molecule has 0 fully saturated rings. The molecule has 0 spiro atoms. The van der Waals surface area contributed by atoms with E-state index in [9.17, 15) is 0 Å². The number of aryl methyl sites for hydroxylation is 1. The Labute approximate surface area is 105 Å². The smallest absolute Gasteiger partial charge is 0.0835 e. The van der Waals surface area contributed by atoms with Crippen molar-refractivity contribution in [1.29, 1.82) is 0 Å². The Morgan fingerprint density at radius 1 is 1.36 bits per heavy atom. The van der Waals surface area contributed by atoms with E-state index < -0.39 is 0 Å². The SMILES string of the molecule is Cc1cnc2c(I)cc(CBr)cc2c1. The van der Waals surface area contributed by atoms with E-state index in [0.717, 1.165) is 10.8 Å². The summed E-state index contributed by atoms with van der Waals surface area (Å²) in [5.74, 6) is 0. The van der Waals surface area contributed by atoms with Crippen molar-refractivity contribution in [3.63, 3.8) is 0 Å². The van der Waals surface area contributed by atoms with E-state index in [4.69, 9.17) is 0 Å². The molecule has 0 radical (unpaired) electrons. The molecule has 1 aromatic heterocycles. The van der Waals surface area contributed by atoms with Gasteiger partial charge in [-0.3, -0.25) is 4.98 Å². The van der Waals surface area contributed by atoms with Crippen LogP contribution < -0.4 is 0 Å². The van der Waals surface area contributed by atoms with Crippen molar-refractivity contribution in [2.24, 2.45) is 0 Å². The summed E-state index contributed by atoms with van der Waals surface area (Å²) >= 11 is 5.81. The molecule has 0 atom stereocenters. The highest BCUT2D eigenvalue weighted by Crippen LogP contribution is 2.22. The Kier molecular flexibility index (Phi) is 3.07. The molecule has 2 rings (SSSR count). The van der Waals surface area contributed by atoms with Crippen LogP contribution in [0.3, 0.4) is 0 Å². The van der Waals surface area contributed by atoms with Crippen molar-refractivity contribution in [3.8, 4) is 0 Å². The number of hydrogen-bond donors (Lipinski definition) is 0. The molecule has 1 nitrogen and oxygen atoms in total. The van der Waals surface area contributed by atoms with Crippen LogP contribution in [-0.4, -0.2) is 4.98 Å². The summed E-state index contributed by atoms with van der Waals surface area (Å²) in [5.41, 5.74) is 3.61. The summed E-state index contributed by atoms with van der Waals surface area (Å²) in [7, 11) is 0. The van der Waals surface area contributed by atoms with Crippen molar-refractivity contribution in [3.05, 3.63) is 39.1 Å². The maximum atomic E-state index is 4.43. The van der Waals surface area contributed by atoms with Crippen LogP contribution in [0.4, 0.5) is 0 Å². The number of hydrogen-bond acceptors (Lipinski definition) is 1. The topological polar surface area (TPSA) is 12.9 Å². The van der Waals surface area contributed by atoms with Crippen molar-refractivity contribution in [1.82, 2.24) is 4.98 Å². The molecule has 0 unspecified atom stereocenters. The van der Waals surface area contributed by atoms with Gasteiger partial charge in [0.25, 0.3) is 0 Å².